The Labute approximate surface area is 155 Å². The normalized spacial score (nSPS) is 16.1. The van der Waals surface area contributed by atoms with Crippen LogP contribution in [-0.4, -0.2) is 50.3 Å². The van der Waals surface area contributed by atoms with E-state index in [-0.39, 0.29) is 12.6 Å². The lowest BCUT2D eigenvalue weighted by Crippen LogP contribution is -2.45. The summed E-state index contributed by atoms with van der Waals surface area (Å²) in [5.74, 6) is 0.327. The van der Waals surface area contributed by atoms with Crippen molar-refractivity contribution in [2.24, 2.45) is 5.10 Å². The largest absolute Gasteiger partial charge is 0.494 e. The smallest absolute Gasteiger partial charge is 0.255 e. The molecule has 0 saturated heterocycles. The highest BCUT2D eigenvalue weighted by Gasteiger charge is 2.29. The third-order valence-electron chi connectivity index (χ3n) is 4.30. The van der Waals surface area contributed by atoms with Gasteiger partial charge in [0.25, 0.3) is 5.91 Å². The number of amides is 1. The van der Waals surface area contributed by atoms with Gasteiger partial charge in [-0.2, -0.15) is 9.41 Å². The van der Waals surface area contributed by atoms with Crippen molar-refractivity contribution in [3.8, 4) is 5.75 Å². The predicted octanol–water partition coefficient (Wildman–Crippen LogP) is 2.13. The van der Waals surface area contributed by atoms with Gasteiger partial charge >= 0.3 is 0 Å². The van der Waals surface area contributed by atoms with Crippen LogP contribution in [-0.2, 0) is 14.8 Å². The highest BCUT2D eigenvalue weighted by Crippen LogP contribution is 2.24. The first kappa shape index (κ1) is 20.4. The molecule has 144 valence electrons. The number of nitrogens with zero attached hydrogens (tertiary/aromatic N) is 2. The Hall–Kier alpha value is -1.93. The molecule has 1 saturated carbocycles. The van der Waals surface area contributed by atoms with E-state index in [2.05, 4.69) is 10.5 Å². The molecule has 0 aliphatic heterocycles. The van der Waals surface area contributed by atoms with E-state index in [0.717, 1.165) is 49.7 Å². The number of hydrogen-bond acceptors (Lipinski definition) is 5. The average Bonchev–Trinajstić information content (AvgIpc) is 2.61. The summed E-state index contributed by atoms with van der Waals surface area (Å²) >= 11 is 0. The molecule has 0 bridgehead atoms. The maximum absolute atomic E-state index is 12.1. The van der Waals surface area contributed by atoms with Gasteiger partial charge in [0.2, 0.25) is 10.0 Å². The third kappa shape index (κ3) is 6.42. The van der Waals surface area contributed by atoms with Gasteiger partial charge < -0.3 is 4.74 Å². The minimum atomic E-state index is -3.44. The first-order valence-corrected chi connectivity index (χ1v) is 10.8. The van der Waals surface area contributed by atoms with Gasteiger partial charge in [0, 0.05) is 6.04 Å². The molecular weight excluding hydrogens is 354 g/mol. The van der Waals surface area contributed by atoms with Crippen molar-refractivity contribution in [2.75, 3.05) is 19.4 Å². The molecule has 7 nitrogen and oxygen atoms in total. The number of carbonyl (C=O) groups excluding carboxylic acids is 1. The van der Waals surface area contributed by atoms with Gasteiger partial charge in [-0.1, -0.05) is 19.3 Å². The molecule has 1 aliphatic rings. The summed E-state index contributed by atoms with van der Waals surface area (Å²) in [5.41, 5.74) is 3.21. The van der Waals surface area contributed by atoms with Gasteiger partial charge in [-0.3, -0.25) is 4.79 Å². The second-order valence-corrected chi connectivity index (χ2v) is 8.33. The minimum Gasteiger partial charge on any atom is -0.494 e. The van der Waals surface area contributed by atoms with Crippen molar-refractivity contribution in [1.29, 1.82) is 0 Å². The number of benzene rings is 1. The summed E-state index contributed by atoms with van der Waals surface area (Å²) in [6, 6.07) is 7.19. The van der Waals surface area contributed by atoms with Gasteiger partial charge in [-0.15, -0.1) is 0 Å². The molecule has 26 heavy (non-hydrogen) atoms. The van der Waals surface area contributed by atoms with E-state index < -0.39 is 15.9 Å². The highest BCUT2D eigenvalue weighted by molar-refractivity contribution is 7.88. The number of carbonyl (C=O) groups is 1. The van der Waals surface area contributed by atoms with Gasteiger partial charge in [0.15, 0.2) is 0 Å². The van der Waals surface area contributed by atoms with Gasteiger partial charge in [0.05, 0.1) is 25.6 Å². The summed E-state index contributed by atoms with van der Waals surface area (Å²) in [4.78, 5) is 12.1. The van der Waals surface area contributed by atoms with Crippen molar-refractivity contribution in [3.63, 3.8) is 0 Å². The van der Waals surface area contributed by atoms with Crippen LogP contribution in [0.1, 0.15) is 44.6 Å². The Kier molecular flexibility index (Phi) is 7.59. The molecule has 0 spiro atoms. The zero-order valence-corrected chi connectivity index (χ0v) is 16.2. The number of rotatable bonds is 8. The molecular formula is C18H27N3O4S. The van der Waals surface area contributed by atoms with Crippen LogP contribution in [0.25, 0.3) is 0 Å². The lowest BCUT2D eigenvalue weighted by molar-refractivity contribution is -0.121. The van der Waals surface area contributed by atoms with Gasteiger partial charge in [-0.05, 0) is 49.6 Å². The van der Waals surface area contributed by atoms with Crippen LogP contribution >= 0.6 is 0 Å². The van der Waals surface area contributed by atoms with Crippen molar-refractivity contribution in [2.45, 2.75) is 45.1 Å². The van der Waals surface area contributed by atoms with E-state index in [1.54, 1.807) is 0 Å². The Morgan fingerprint density at radius 3 is 2.50 bits per heavy atom. The minimum absolute atomic E-state index is 0.0976. The molecule has 1 amide bonds. The molecule has 1 fully saturated rings. The van der Waals surface area contributed by atoms with E-state index in [1.807, 2.05) is 31.2 Å². The molecule has 0 aromatic heterocycles. The molecule has 1 aromatic rings. The fourth-order valence-corrected chi connectivity index (χ4v) is 4.16. The van der Waals surface area contributed by atoms with Crippen LogP contribution in [0.4, 0.5) is 0 Å². The summed E-state index contributed by atoms with van der Waals surface area (Å²) in [7, 11) is -3.44. The van der Waals surface area contributed by atoms with E-state index in [9.17, 15) is 13.2 Å². The lowest BCUT2D eigenvalue weighted by atomic mass is 9.95. The standard InChI is InChI=1S/C18H27N3O4S/c1-3-25-17-11-9-15(10-12-17)13-19-20-18(22)14-21(26(2,23)24)16-7-5-4-6-8-16/h9-13,16H,3-8,14H2,1-2H3,(H,20,22)/b19-13+. The first-order chi connectivity index (χ1) is 12.4. The summed E-state index contributed by atoms with van der Waals surface area (Å²) < 4.78 is 30.7. The Morgan fingerprint density at radius 1 is 1.27 bits per heavy atom. The second kappa shape index (κ2) is 9.68. The van der Waals surface area contributed by atoms with Crippen molar-refractivity contribution in [1.82, 2.24) is 9.73 Å². The van der Waals surface area contributed by atoms with Crippen LogP contribution in [0.15, 0.2) is 29.4 Å². The molecule has 0 heterocycles. The lowest BCUT2D eigenvalue weighted by Gasteiger charge is -2.31. The molecule has 2 rings (SSSR count). The molecule has 1 aliphatic carbocycles. The van der Waals surface area contributed by atoms with Crippen LogP contribution in [0.3, 0.4) is 0 Å². The molecule has 8 heteroatoms. The zero-order valence-electron chi connectivity index (χ0n) is 15.3. The second-order valence-electron chi connectivity index (χ2n) is 6.40. The number of ether oxygens (including phenoxy) is 1. The molecule has 0 unspecified atom stereocenters. The van der Waals surface area contributed by atoms with E-state index >= 15 is 0 Å². The maximum Gasteiger partial charge on any atom is 0.255 e. The zero-order chi connectivity index (χ0) is 19.0. The molecule has 1 aromatic carbocycles. The quantitative estimate of drug-likeness (QED) is 0.552. The van der Waals surface area contributed by atoms with Crippen LogP contribution in [0.5, 0.6) is 5.75 Å². The Balaban J connectivity index is 1.90. The van der Waals surface area contributed by atoms with Crippen LogP contribution < -0.4 is 10.2 Å². The van der Waals surface area contributed by atoms with Gasteiger partial charge in [-0.25, -0.2) is 13.8 Å². The van der Waals surface area contributed by atoms with Crippen LogP contribution in [0.2, 0.25) is 0 Å². The SMILES string of the molecule is CCOc1ccc(/C=N/NC(=O)CN(C2CCCCC2)S(C)(=O)=O)cc1. The maximum atomic E-state index is 12.1. The number of hydrazone groups is 1. The Morgan fingerprint density at radius 2 is 1.92 bits per heavy atom. The molecule has 1 N–H and O–H groups in total. The summed E-state index contributed by atoms with van der Waals surface area (Å²) in [6.07, 6.45) is 7.37. The van der Waals surface area contributed by atoms with E-state index in [1.165, 1.54) is 10.5 Å². The fourth-order valence-electron chi connectivity index (χ4n) is 3.06. The highest BCUT2D eigenvalue weighted by atomic mass is 32.2. The molecule has 0 atom stereocenters. The predicted molar refractivity (Wildman–Crippen MR) is 102 cm³/mol. The number of hydrogen-bond donors (Lipinski definition) is 1. The fraction of sp³-hybridized carbons (Fsp3) is 0.556. The third-order valence-corrected chi connectivity index (χ3v) is 5.58. The summed E-state index contributed by atoms with van der Waals surface area (Å²) in [5, 5.41) is 3.91. The monoisotopic (exact) mass is 381 g/mol. The molecule has 0 radical (unpaired) electrons. The van der Waals surface area contributed by atoms with Crippen molar-refractivity contribution < 1.29 is 17.9 Å². The summed E-state index contributed by atoms with van der Waals surface area (Å²) in [6.45, 7) is 2.31. The van der Waals surface area contributed by atoms with E-state index in [0.29, 0.717) is 6.61 Å². The number of sulfonamides is 1. The topological polar surface area (TPSA) is 88.1 Å². The van der Waals surface area contributed by atoms with E-state index in [4.69, 9.17) is 4.74 Å². The van der Waals surface area contributed by atoms with Crippen LogP contribution in [0, 0.1) is 0 Å². The average molecular weight is 381 g/mol. The van der Waals surface area contributed by atoms with Crippen molar-refractivity contribution in [3.05, 3.63) is 29.8 Å². The van der Waals surface area contributed by atoms with Crippen molar-refractivity contribution >= 4 is 22.1 Å². The first-order valence-electron chi connectivity index (χ1n) is 8.91. The number of nitrogens with one attached hydrogen (secondary N) is 1. The van der Waals surface area contributed by atoms with Gasteiger partial charge in [0.1, 0.15) is 5.75 Å². The Bertz CT molecular complexity index is 710.